The van der Waals surface area contributed by atoms with E-state index in [1.165, 1.54) is 0 Å². The first-order chi connectivity index (χ1) is 12.6. The molecule has 0 amide bonds. The van der Waals surface area contributed by atoms with Crippen LogP contribution in [0, 0.1) is 0 Å². The van der Waals surface area contributed by atoms with Gasteiger partial charge in [-0.15, -0.1) is 0 Å². The van der Waals surface area contributed by atoms with E-state index in [0.29, 0.717) is 43.3 Å². The summed E-state index contributed by atoms with van der Waals surface area (Å²) in [6, 6.07) is 3.49. The molecule has 0 saturated carbocycles. The smallest absolute Gasteiger partial charge is 0.309 e. The molecule has 2 aliphatic rings. The molecule has 1 fully saturated rings. The Bertz CT molecular complexity index is 676. The molecule has 7 nitrogen and oxygen atoms in total. The van der Waals surface area contributed by atoms with Gasteiger partial charge in [0, 0.05) is 18.7 Å². The zero-order valence-electron chi connectivity index (χ0n) is 14.7. The summed E-state index contributed by atoms with van der Waals surface area (Å²) in [5.74, 6) is -2.37. The highest BCUT2D eigenvalue weighted by molar-refractivity contribution is 6.33. The first kappa shape index (κ1) is 18.9. The lowest BCUT2D eigenvalue weighted by molar-refractivity contribution is -0.225. The van der Waals surface area contributed by atoms with Gasteiger partial charge in [0.1, 0.15) is 0 Å². The standard InChI is InChI=1S/C18H23ClN2O5/c1-2-24-10-9-21-17-12-7-8-20-11-18(13(12)3-4-14(17)19)25-15(22)5-6-16(23)26-18/h3-4,20-21H,2,5-11H2,1H3. The highest BCUT2D eigenvalue weighted by Crippen LogP contribution is 2.40. The predicted molar refractivity (Wildman–Crippen MR) is 96.1 cm³/mol. The van der Waals surface area contributed by atoms with Crippen LogP contribution < -0.4 is 10.6 Å². The number of anilines is 1. The molecule has 1 saturated heterocycles. The van der Waals surface area contributed by atoms with Crippen molar-refractivity contribution in [2.24, 2.45) is 0 Å². The molecule has 142 valence electrons. The molecule has 0 aliphatic carbocycles. The van der Waals surface area contributed by atoms with Crippen LogP contribution in [0.25, 0.3) is 0 Å². The monoisotopic (exact) mass is 382 g/mol. The van der Waals surface area contributed by atoms with Crippen LogP contribution in [-0.4, -0.2) is 44.8 Å². The topological polar surface area (TPSA) is 85.9 Å². The van der Waals surface area contributed by atoms with Gasteiger partial charge in [0.05, 0.1) is 36.7 Å². The van der Waals surface area contributed by atoms with Crippen LogP contribution in [0.5, 0.6) is 0 Å². The average molecular weight is 383 g/mol. The summed E-state index contributed by atoms with van der Waals surface area (Å²) in [4.78, 5) is 24.2. The fourth-order valence-electron chi connectivity index (χ4n) is 3.26. The Morgan fingerprint density at radius 1 is 1.23 bits per heavy atom. The van der Waals surface area contributed by atoms with E-state index in [2.05, 4.69) is 10.6 Å². The molecule has 0 atom stereocenters. The maximum absolute atomic E-state index is 12.1. The summed E-state index contributed by atoms with van der Waals surface area (Å²) in [6.07, 6.45) is 0.690. The van der Waals surface area contributed by atoms with Gasteiger partial charge in [-0.05, 0) is 37.6 Å². The van der Waals surface area contributed by atoms with Gasteiger partial charge in [0.25, 0.3) is 5.79 Å². The van der Waals surface area contributed by atoms with E-state index in [-0.39, 0.29) is 19.4 Å². The second-order valence-electron chi connectivity index (χ2n) is 6.20. The van der Waals surface area contributed by atoms with Crippen molar-refractivity contribution in [1.29, 1.82) is 0 Å². The fraction of sp³-hybridized carbons (Fsp3) is 0.556. The molecule has 0 radical (unpaired) electrons. The highest BCUT2D eigenvalue weighted by Gasteiger charge is 2.45. The van der Waals surface area contributed by atoms with Crippen molar-refractivity contribution >= 4 is 29.2 Å². The fourth-order valence-corrected chi connectivity index (χ4v) is 3.50. The summed E-state index contributed by atoms with van der Waals surface area (Å²) in [5, 5.41) is 7.05. The molecule has 1 spiro atoms. The van der Waals surface area contributed by atoms with E-state index >= 15 is 0 Å². The van der Waals surface area contributed by atoms with Crippen LogP contribution in [0.4, 0.5) is 5.69 Å². The van der Waals surface area contributed by atoms with Crippen LogP contribution in [0.2, 0.25) is 5.02 Å². The van der Waals surface area contributed by atoms with Crippen molar-refractivity contribution in [2.45, 2.75) is 32.0 Å². The zero-order valence-corrected chi connectivity index (χ0v) is 15.5. The zero-order chi connectivity index (χ0) is 18.6. The van der Waals surface area contributed by atoms with Crippen molar-refractivity contribution in [1.82, 2.24) is 5.32 Å². The lowest BCUT2D eigenvalue weighted by Crippen LogP contribution is -2.43. The number of fused-ring (bicyclic) bond motifs is 2. The Kier molecular flexibility index (Phi) is 6.01. The Morgan fingerprint density at radius 3 is 2.65 bits per heavy atom. The van der Waals surface area contributed by atoms with Crippen LogP contribution in [0.15, 0.2) is 12.1 Å². The van der Waals surface area contributed by atoms with Gasteiger partial charge < -0.3 is 24.8 Å². The second kappa shape index (κ2) is 8.24. The minimum atomic E-state index is -1.46. The number of hydrogen-bond acceptors (Lipinski definition) is 7. The second-order valence-corrected chi connectivity index (χ2v) is 6.61. The molecule has 1 aromatic rings. The van der Waals surface area contributed by atoms with Gasteiger partial charge in [-0.25, -0.2) is 0 Å². The van der Waals surface area contributed by atoms with Gasteiger partial charge in [0.15, 0.2) is 0 Å². The SMILES string of the molecule is CCOCCNc1c(Cl)ccc2c1CCNCC21OC(=O)CCC(=O)O1. The summed E-state index contributed by atoms with van der Waals surface area (Å²) in [5.41, 5.74) is 2.28. The van der Waals surface area contributed by atoms with E-state index in [4.69, 9.17) is 25.8 Å². The van der Waals surface area contributed by atoms with Crippen LogP contribution in [-0.2, 0) is 36.0 Å². The molecular weight excluding hydrogens is 360 g/mol. The summed E-state index contributed by atoms with van der Waals surface area (Å²) < 4.78 is 16.6. The predicted octanol–water partition coefficient (Wildman–Crippen LogP) is 1.97. The van der Waals surface area contributed by atoms with Crippen LogP contribution in [0.3, 0.4) is 0 Å². The maximum atomic E-state index is 12.1. The van der Waals surface area contributed by atoms with E-state index < -0.39 is 17.7 Å². The molecule has 8 heteroatoms. The molecule has 0 aromatic heterocycles. The number of carbonyl (C=O) groups is 2. The van der Waals surface area contributed by atoms with Gasteiger partial charge in [0.2, 0.25) is 0 Å². The number of rotatable bonds is 5. The molecule has 3 rings (SSSR count). The van der Waals surface area contributed by atoms with Gasteiger partial charge in [-0.3, -0.25) is 9.59 Å². The Morgan fingerprint density at radius 2 is 1.96 bits per heavy atom. The van der Waals surface area contributed by atoms with E-state index in [0.717, 1.165) is 11.3 Å². The quantitative estimate of drug-likeness (QED) is 0.594. The number of carbonyl (C=O) groups excluding carboxylic acids is 2. The summed E-state index contributed by atoms with van der Waals surface area (Å²) >= 11 is 6.40. The summed E-state index contributed by atoms with van der Waals surface area (Å²) in [6.45, 7) is 4.56. The number of nitrogens with one attached hydrogen (secondary N) is 2. The molecule has 1 aromatic carbocycles. The molecule has 2 N–H and O–H groups in total. The van der Waals surface area contributed by atoms with Gasteiger partial charge in [-0.2, -0.15) is 0 Å². The average Bonchev–Trinajstić information content (AvgIpc) is 2.87. The number of esters is 2. The van der Waals surface area contributed by atoms with Crippen molar-refractivity contribution < 1.29 is 23.8 Å². The van der Waals surface area contributed by atoms with Crippen LogP contribution in [0.1, 0.15) is 30.9 Å². The first-order valence-corrected chi connectivity index (χ1v) is 9.21. The Hall–Kier alpha value is -1.83. The third kappa shape index (κ3) is 3.95. The third-order valence-electron chi connectivity index (χ3n) is 4.42. The maximum Gasteiger partial charge on any atom is 0.309 e. The number of hydrogen-bond donors (Lipinski definition) is 2. The highest BCUT2D eigenvalue weighted by atomic mass is 35.5. The lowest BCUT2D eigenvalue weighted by atomic mass is 9.96. The number of benzene rings is 1. The van der Waals surface area contributed by atoms with Gasteiger partial charge in [-0.1, -0.05) is 11.6 Å². The third-order valence-corrected chi connectivity index (χ3v) is 4.74. The van der Waals surface area contributed by atoms with Crippen molar-refractivity contribution in [3.63, 3.8) is 0 Å². The molecule has 26 heavy (non-hydrogen) atoms. The van der Waals surface area contributed by atoms with E-state index in [1.54, 1.807) is 12.1 Å². The molecule has 0 unspecified atom stereocenters. The van der Waals surface area contributed by atoms with E-state index in [9.17, 15) is 9.59 Å². The molecule has 2 heterocycles. The number of halogens is 1. The molecule has 2 aliphatic heterocycles. The van der Waals surface area contributed by atoms with Crippen molar-refractivity contribution in [3.8, 4) is 0 Å². The van der Waals surface area contributed by atoms with Gasteiger partial charge >= 0.3 is 11.9 Å². The molecular formula is C18H23ClN2O5. The first-order valence-electron chi connectivity index (χ1n) is 8.83. The normalized spacial score (nSPS) is 19.2. The Labute approximate surface area is 157 Å². The van der Waals surface area contributed by atoms with Crippen molar-refractivity contribution in [3.05, 3.63) is 28.3 Å². The lowest BCUT2D eigenvalue weighted by Gasteiger charge is -2.32. The largest absolute Gasteiger partial charge is 0.416 e. The van der Waals surface area contributed by atoms with Crippen LogP contribution >= 0.6 is 11.6 Å². The summed E-state index contributed by atoms with van der Waals surface area (Å²) in [7, 11) is 0. The van der Waals surface area contributed by atoms with Crippen molar-refractivity contribution in [2.75, 3.05) is 38.2 Å². The Balaban J connectivity index is 2.00. The van der Waals surface area contributed by atoms with E-state index in [1.807, 2.05) is 6.92 Å². The molecule has 0 bridgehead atoms. The number of ether oxygens (including phenoxy) is 3. The minimum absolute atomic E-state index is 0.0168. The minimum Gasteiger partial charge on any atom is -0.416 e.